The molecule has 5 nitrogen and oxygen atoms in total. The Labute approximate surface area is 106 Å². The Hall–Kier alpha value is -1.56. The number of carbonyl (C=O) groups is 1. The van der Waals surface area contributed by atoms with Crippen LogP contribution in [0.5, 0.6) is 0 Å². The van der Waals surface area contributed by atoms with Crippen LogP contribution in [0.3, 0.4) is 0 Å². The highest BCUT2D eigenvalue weighted by atomic mass is 32.2. The van der Waals surface area contributed by atoms with E-state index in [4.69, 9.17) is 5.73 Å². The number of hydrogen-bond acceptors (Lipinski definition) is 4. The predicted octanol–water partition coefficient (Wildman–Crippen LogP) is 0.576. The summed E-state index contributed by atoms with van der Waals surface area (Å²) in [4.78, 5) is 11.9. The Balaban J connectivity index is 1.94. The maximum Gasteiger partial charge on any atom is 0.251 e. The second kappa shape index (κ2) is 4.97. The van der Waals surface area contributed by atoms with E-state index in [0.29, 0.717) is 24.1 Å². The van der Waals surface area contributed by atoms with Crippen molar-refractivity contribution in [2.75, 3.05) is 17.2 Å². The number of benzene rings is 1. The fourth-order valence-electron chi connectivity index (χ4n) is 1.94. The molecule has 18 heavy (non-hydrogen) atoms. The maximum absolute atomic E-state index is 11.9. The van der Waals surface area contributed by atoms with Crippen molar-refractivity contribution in [1.29, 1.82) is 0 Å². The molecule has 1 amide bonds. The van der Waals surface area contributed by atoms with Crippen LogP contribution in [0.15, 0.2) is 24.3 Å². The van der Waals surface area contributed by atoms with Crippen molar-refractivity contribution >= 4 is 21.4 Å². The molecule has 0 bridgehead atoms. The molecular weight excluding hydrogens is 252 g/mol. The van der Waals surface area contributed by atoms with Gasteiger partial charge in [0.15, 0.2) is 0 Å². The Morgan fingerprint density at radius 2 is 1.72 bits per heavy atom. The molecule has 1 aliphatic heterocycles. The van der Waals surface area contributed by atoms with E-state index in [2.05, 4.69) is 5.32 Å². The van der Waals surface area contributed by atoms with Gasteiger partial charge in [-0.25, -0.2) is 8.42 Å². The predicted molar refractivity (Wildman–Crippen MR) is 70.0 cm³/mol. The summed E-state index contributed by atoms with van der Waals surface area (Å²) >= 11 is 0. The Bertz CT molecular complexity index is 523. The van der Waals surface area contributed by atoms with E-state index >= 15 is 0 Å². The third kappa shape index (κ3) is 3.22. The zero-order chi connectivity index (χ0) is 13.2. The average molecular weight is 268 g/mol. The lowest BCUT2D eigenvalue weighted by atomic mass is 10.1. The van der Waals surface area contributed by atoms with Crippen LogP contribution in [-0.2, 0) is 9.84 Å². The van der Waals surface area contributed by atoms with Gasteiger partial charge < -0.3 is 11.1 Å². The molecule has 1 aromatic carbocycles. The van der Waals surface area contributed by atoms with E-state index in [1.807, 2.05) is 0 Å². The topological polar surface area (TPSA) is 89.3 Å². The van der Waals surface area contributed by atoms with Gasteiger partial charge in [0.25, 0.3) is 5.91 Å². The summed E-state index contributed by atoms with van der Waals surface area (Å²) in [6, 6.07) is 6.59. The molecule has 0 saturated carbocycles. The van der Waals surface area contributed by atoms with Crippen molar-refractivity contribution in [2.45, 2.75) is 18.9 Å². The second-order valence-electron chi connectivity index (χ2n) is 4.52. The molecular formula is C12H16N2O3S. The molecule has 1 saturated heterocycles. The quantitative estimate of drug-likeness (QED) is 0.768. The normalized spacial score (nSPS) is 19.3. The van der Waals surface area contributed by atoms with Gasteiger partial charge in [-0.05, 0) is 37.1 Å². The van der Waals surface area contributed by atoms with Crippen molar-refractivity contribution < 1.29 is 13.2 Å². The lowest BCUT2D eigenvalue weighted by molar-refractivity contribution is 0.0934. The molecule has 1 heterocycles. The third-order valence-corrected chi connectivity index (χ3v) is 4.78. The molecule has 1 fully saturated rings. The molecule has 98 valence electrons. The highest BCUT2D eigenvalue weighted by Crippen LogP contribution is 2.13. The number of anilines is 1. The minimum Gasteiger partial charge on any atom is -0.399 e. The van der Waals surface area contributed by atoms with Crippen LogP contribution in [0.1, 0.15) is 23.2 Å². The van der Waals surface area contributed by atoms with Crippen molar-refractivity contribution in [3.05, 3.63) is 29.8 Å². The number of nitrogen functional groups attached to an aromatic ring is 1. The van der Waals surface area contributed by atoms with E-state index < -0.39 is 9.84 Å². The van der Waals surface area contributed by atoms with Crippen molar-refractivity contribution in [2.24, 2.45) is 0 Å². The Morgan fingerprint density at radius 3 is 2.28 bits per heavy atom. The van der Waals surface area contributed by atoms with E-state index in [0.717, 1.165) is 0 Å². The lowest BCUT2D eigenvalue weighted by Crippen LogP contribution is -2.40. The van der Waals surface area contributed by atoms with Crippen LogP contribution < -0.4 is 11.1 Å². The largest absolute Gasteiger partial charge is 0.399 e. The first kappa shape index (κ1) is 12.9. The summed E-state index contributed by atoms with van der Waals surface area (Å²) in [5.41, 5.74) is 6.69. The number of nitrogens with one attached hydrogen (secondary N) is 1. The summed E-state index contributed by atoms with van der Waals surface area (Å²) in [5.74, 6) is 0.124. The first-order valence-corrected chi connectivity index (χ1v) is 7.65. The van der Waals surface area contributed by atoms with Gasteiger partial charge in [-0.3, -0.25) is 4.79 Å². The highest BCUT2D eigenvalue weighted by Gasteiger charge is 2.24. The van der Waals surface area contributed by atoms with Crippen LogP contribution >= 0.6 is 0 Å². The number of sulfone groups is 1. The first-order valence-electron chi connectivity index (χ1n) is 5.83. The molecule has 3 N–H and O–H groups in total. The summed E-state index contributed by atoms with van der Waals surface area (Å²) in [5, 5.41) is 2.85. The Morgan fingerprint density at radius 1 is 1.17 bits per heavy atom. The van der Waals surface area contributed by atoms with Crippen LogP contribution in [0.25, 0.3) is 0 Å². The molecule has 0 atom stereocenters. The van der Waals surface area contributed by atoms with Crippen LogP contribution in [0, 0.1) is 0 Å². The SMILES string of the molecule is Nc1ccc(C(=O)NC2CCS(=O)(=O)CC2)cc1. The van der Waals surface area contributed by atoms with Crippen LogP contribution in [0.2, 0.25) is 0 Å². The van der Waals surface area contributed by atoms with Gasteiger partial charge >= 0.3 is 0 Å². The summed E-state index contributed by atoms with van der Waals surface area (Å²) < 4.78 is 22.5. The molecule has 2 rings (SSSR count). The number of amides is 1. The van der Waals surface area contributed by atoms with E-state index in [1.54, 1.807) is 24.3 Å². The van der Waals surface area contributed by atoms with Gasteiger partial charge in [-0.1, -0.05) is 0 Å². The molecule has 0 radical (unpaired) electrons. The monoisotopic (exact) mass is 268 g/mol. The molecule has 1 aliphatic rings. The number of rotatable bonds is 2. The van der Waals surface area contributed by atoms with Crippen LogP contribution in [-0.4, -0.2) is 31.9 Å². The smallest absolute Gasteiger partial charge is 0.251 e. The molecule has 0 aliphatic carbocycles. The maximum atomic E-state index is 11.9. The van der Waals surface area contributed by atoms with Crippen molar-refractivity contribution in [3.8, 4) is 0 Å². The minimum absolute atomic E-state index is 0.0569. The van der Waals surface area contributed by atoms with Gasteiger partial charge in [0.2, 0.25) is 0 Å². The number of hydrogen-bond donors (Lipinski definition) is 2. The zero-order valence-corrected chi connectivity index (χ0v) is 10.7. The standard InChI is InChI=1S/C12H16N2O3S/c13-10-3-1-9(2-4-10)12(15)14-11-5-7-18(16,17)8-6-11/h1-4,11H,5-8,13H2,(H,14,15). The molecule has 0 spiro atoms. The molecule has 6 heteroatoms. The lowest BCUT2D eigenvalue weighted by Gasteiger charge is -2.23. The number of nitrogens with two attached hydrogens (primary N) is 1. The van der Waals surface area contributed by atoms with Gasteiger partial charge in [-0.15, -0.1) is 0 Å². The number of carbonyl (C=O) groups excluding carboxylic acids is 1. The van der Waals surface area contributed by atoms with Gasteiger partial charge in [0.05, 0.1) is 11.5 Å². The van der Waals surface area contributed by atoms with Crippen LogP contribution in [0.4, 0.5) is 5.69 Å². The minimum atomic E-state index is -2.89. The van der Waals surface area contributed by atoms with E-state index in [-0.39, 0.29) is 23.5 Å². The summed E-state index contributed by atoms with van der Waals surface area (Å²) in [7, 11) is -2.89. The van der Waals surface area contributed by atoms with E-state index in [9.17, 15) is 13.2 Å². The second-order valence-corrected chi connectivity index (χ2v) is 6.83. The van der Waals surface area contributed by atoms with Gasteiger partial charge in [-0.2, -0.15) is 0 Å². The zero-order valence-electron chi connectivity index (χ0n) is 9.93. The summed E-state index contributed by atoms with van der Waals surface area (Å²) in [6.45, 7) is 0. The fourth-order valence-corrected chi connectivity index (χ4v) is 3.43. The Kier molecular flexibility index (Phi) is 3.56. The first-order chi connectivity index (χ1) is 8.46. The van der Waals surface area contributed by atoms with Gasteiger partial charge in [0.1, 0.15) is 9.84 Å². The van der Waals surface area contributed by atoms with E-state index in [1.165, 1.54) is 0 Å². The van der Waals surface area contributed by atoms with Gasteiger partial charge in [0, 0.05) is 17.3 Å². The third-order valence-electron chi connectivity index (χ3n) is 3.06. The molecule has 0 unspecified atom stereocenters. The highest BCUT2D eigenvalue weighted by molar-refractivity contribution is 7.91. The fraction of sp³-hybridized carbons (Fsp3) is 0.417. The molecule has 0 aromatic heterocycles. The molecule has 1 aromatic rings. The van der Waals surface area contributed by atoms with Crippen molar-refractivity contribution in [3.63, 3.8) is 0 Å². The van der Waals surface area contributed by atoms with Crippen molar-refractivity contribution in [1.82, 2.24) is 5.32 Å². The average Bonchev–Trinajstić information content (AvgIpc) is 2.33. The summed E-state index contributed by atoms with van der Waals surface area (Å²) in [6.07, 6.45) is 0.978.